The molecule has 0 saturated heterocycles. The number of thioether (sulfide) groups is 1. The number of nitrogen functional groups attached to an aromatic ring is 1. The molecule has 3 rings (SSSR count). The third-order valence-corrected chi connectivity index (χ3v) is 4.30. The molecule has 2 heterocycles. The average molecular weight is 330 g/mol. The summed E-state index contributed by atoms with van der Waals surface area (Å²) in [7, 11) is 0. The number of anilines is 1. The minimum Gasteiger partial charge on any atom is -0.507 e. The Kier molecular flexibility index (Phi) is 3.95. The molecule has 0 bridgehead atoms. The van der Waals surface area contributed by atoms with E-state index in [-0.39, 0.29) is 11.7 Å². The minimum atomic E-state index is 0.141. The van der Waals surface area contributed by atoms with Crippen LogP contribution in [0, 0.1) is 12.3 Å². The fourth-order valence-corrected chi connectivity index (χ4v) is 3.03. The van der Waals surface area contributed by atoms with E-state index in [9.17, 15) is 5.11 Å². The molecule has 0 aliphatic rings. The van der Waals surface area contributed by atoms with Crippen LogP contribution in [0.25, 0.3) is 15.7 Å². The first-order chi connectivity index (χ1) is 10.7. The number of nitrogens with zero attached hydrogens (tertiary/aromatic N) is 5. The first kappa shape index (κ1) is 14.4. The van der Waals surface area contributed by atoms with Crippen LogP contribution in [0.1, 0.15) is 0 Å². The van der Waals surface area contributed by atoms with Crippen molar-refractivity contribution in [2.75, 3.05) is 11.5 Å². The van der Waals surface area contributed by atoms with Crippen LogP contribution >= 0.6 is 23.1 Å². The van der Waals surface area contributed by atoms with Crippen molar-refractivity contribution in [3.63, 3.8) is 0 Å². The third-order valence-electron chi connectivity index (χ3n) is 2.63. The van der Waals surface area contributed by atoms with E-state index in [1.54, 1.807) is 18.2 Å². The molecule has 0 spiro atoms. The van der Waals surface area contributed by atoms with E-state index in [0.29, 0.717) is 26.6 Å². The second-order valence-corrected chi connectivity index (χ2v) is 5.96. The van der Waals surface area contributed by atoms with Crippen LogP contribution in [0.15, 0.2) is 29.4 Å². The number of nitrogens with two attached hydrogens (primary N) is 1. The highest BCUT2D eigenvalue weighted by Gasteiger charge is 2.15. The van der Waals surface area contributed by atoms with Crippen molar-refractivity contribution in [2.24, 2.45) is 0 Å². The number of para-hydroxylation sites is 1. The summed E-state index contributed by atoms with van der Waals surface area (Å²) in [6.07, 6.45) is 5.21. The van der Waals surface area contributed by atoms with Gasteiger partial charge < -0.3 is 10.8 Å². The summed E-state index contributed by atoms with van der Waals surface area (Å²) in [4.78, 5) is 4.11. The lowest BCUT2D eigenvalue weighted by molar-refractivity contribution is 0.477. The van der Waals surface area contributed by atoms with Gasteiger partial charge in [0.25, 0.3) is 0 Å². The first-order valence-electron chi connectivity index (χ1n) is 6.10. The summed E-state index contributed by atoms with van der Waals surface area (Å²) in [5, 5.41) is 23.7. The normalized spacial score (nSPS) is 10.5. The van der Waals surface area contributed by atoms with Gasteiger partial charge in [-0.25, -0.2) is 0 Å². The second-order valence-electron chi connectivity index (χ2n) is 4.06. The number of hydrogen-bond acceptors (Lipinski definition) is 8. The lowest BCUT2D eigenvalue weighted by atomic mass is 10.2. The minimum absolute atomic E-state index is 0.141. The van der Waals surface area contributed by atoms with Crippen LogP contribution in [-0.4, -0.2) is 35.8 Å². The number of rotatable bonds is 4. The van der Waals surface area contributed by atoms with Gasteiger partial charge in [0.05, 0.1) is 11.3 Å². The molecular formula is C13H10N6OS2. The van der Waals surface area contributed by atoms with Gasteiger partial charge in [0.2, 0.25) is 16.2 Å². The predicted molar refractivity (Wildman–Crippen MR) is 85.9 cm³/mol. The lowest BCUT2D eigenvalue weighted by Gasteiger charge is -1.97. The molecule has 0 aliphatic heterocycles. The van der Waals surface area contributed by atoms with Crippen molar-refractivity contribution in [2.45, 2.75) is 5.16 Å². The molecule has 110 valence electrons. The molecule has 0 unspecified atom stereocenters. The third kappa shape index (κ3) is 2.74. The molecule has 3 N–H and O–H groups in total. The summed E-state index contributed by atoms with van der Waals surface area (Å²) >= 11 is 2.57. The zero-order valence-electron chi connectivity index (χ0n) is 11.2. The SMILES string of the molecule is C#CCSc1nc(N)n(-c2nnc(-c3ccccc3O)s2)n1. The number of phenolic OH excluding ortho intramolecular Hbond substituents is 1. The average Bonchev–Trinajstić information content (AvgIpc) is 3.12. The van der Waals surface area contributed by atoms with Gasteiger partial charge in [0.15, 0.2) is 5.01 Å². The van der Waals surface area contributed by atoms with Crippen LogP contribution in [0.3, 0.4) is 0 Å². The molecule has 0 atom stereocenters. The molecule has 1 aromatic carbocycles. The van der Waals surface area contributed by atoms with Gasteiger partial charge in [-0.15, -0.1) is 21.7 Å². The molecule has 2 aromatic heterocycles. The number of aromatic hydroxyl groups is 1. The van der Waals surface area contributed by atoms with Crippen molar-refractivity contribution >= 4 is 29.0 Å². The quantitative estimate of drug-likeness (QED) is 0.555. The Bertz CT molecular complexity index is 850. The zero-order chi connectivity index (χ0) is 15.5. The summed E-state index contributed by atoms with van der Waals surface area (Å²) in [6.45, 7) is 0. The Labute approximate surface area is 134 Å². The number of benzene rings is 1. The number of phenols is 1. The van der Waals surface area contributed by atoms with Crippen LogP contribution in [0.2, 0.25) is 0 Å². The molecule has 0 fully saturated rings. The largest absolute Gasteiger partial charge is 0.507 e. The maximum absolute atomic E-state index is 9.86. The van der Waals surface area contributed by atoms with E-state index in [1.807, 2.05) is 6.07 Å². The first-order valence-corrected chi connectivity index (χ1v) is 7.90. The number of hydrogen-bond donors (Lipinski definition) is 2. The summed E-state index contributed by atoms with van der Waals surface area (Å²) in [6, 6.07) is 6.91. The van der Waals surface area contributed by atoms with E-state index in [2.05, 4.69) is 26.2 Å². The highest BCUT2D eigenvalue weighted by atomic mass is 32.2. The van der Waals surface area contributed by atoms with Crippen molar-refractivity contribution in [1.82, 2.24) is 25.0 Å². The molecule has 0 aliphatic carbocycles. The van der Waals surface area contributed by atoms with Crippen LogP contribution in [0.5, 0.6) is 5.75 Å². The highest BCUT2D eigenvalue weighted by Crippen LogP contribution is 2.32. The lowest BCUT2D eigenvalue weighted by Crippen LogP contribution is -2.01. The van der Waals surface area contributed by atoms with Gasteiger partial charge in [0, 0.05) is 0 Å². The van der Waals surface area contributed by atoms with Crippen LogP contribution in [0.4, 0.5) is 5.95 Å². The smallest absolute Gasteiger partial charge is 0.236 e. The van der Waals surface area contributed by atoms with E-state index in [0.717, 1.165) is 0 Å². The maximum atomic E-state index is 9.86. The molecular weight excluding hydrogens is 320 g/mol. The topological polar surface area (TPSA) is 103 Å². The molecule has 3 aromatic rings. The standard InChI is InChI=1S/C13H10N6OS2/c1-2-7-21-12-15-11(14)19(18-12)13-17-16-10(22-13)8-5-3-4-6-9(8)20/h1,3-6,20H,7H2,(H2,14,15,18). The van der Waals surface area contributed by atoms with E-state index >= 15 is 0 Å². The van der Waals surface area contributed by atoms with E-state index in [1.165, 1.54) is 27.8 Å². The fourth-order valence-electron chi connectivity index (χ4n) is 1.68. The number of aromatic nitrogens is 5. The monoisotopic (exact) mass is 330 g/mol. The van der Waals surface area contributed by atoms with Crippen LogP contribution < -0.4 is 5.73 Å². The molecule has 0 radical (unpaired) electrons. The Morgan fingerprint density at radius 3 is 2.95 bits per heavy atom. The maximum Gasteiger partial charge on any atom is 0.236 e. The zero-order valence-corrected chi connectivity index (χ0v) is 12.8. The Morgan fingerprint density at radius 2 is 2.18 bits per heavy atom. The summed E-state index contributed by atoms with van der Waals surface area (Å²) < 4.78 is 1.40. The van der Waals surface area contributed by atoms with Gasteiger partial charge in [-0.1, -0.05) is 41.2 Å². The molecule has 0 amide bonds. The second kappa shape index (κ2) is 6.05. The van der Waals surface area contributed by atoms with Crippen molar-refractivity contribution in [3.05, 3.63) is 24.3 Å². The Balaban J connectivity index is 1.93. The Hall–Kier alpha value is -2.57. The fraction of sp³-hybridized carbons (Fsp3) is 0.0769. The molecule has 7 nitrogen and oxygen atoms in total. The van der Waals surface area contributed by atoms with Gasteiger partial charge in [-0.05, 0) is 12.1 Å². The van der Waals surface area contributed by atoms with Crippen molar-refractivity contribution in [1.29, 1.82) is 0 Å². The number of terminal acetylenes is 1. The van der Waals surface area contributed by atoms with E-state index < -0.39 is 0 Å². The van der Waals surface area contributed by atoms with Crippen LogP contribution in [-0.2, 0) is 0 Å². The van der Waals surface area contributed by atoms with Gasteiger partial charge in [0.1, 0.15) is 5.75 Å². The van der Waals surface area contributed by atoms with Crippen molar-refractivity contribution in [3.8, 4) is 33.8 Å². The summed E-state index contributed by atoms with van der Waals surface area (Å²) in [5.41, 5.74) is 6.44. The van der Waals surface area contributed by atoms with Gasteiger partial charge in [-0.2, -0.15) is 9.67 Å². The predicted octanol–water partition coefficient (Wildman–Crippen LogP) is 1.80. The molecule has 9 heteroatoms. The highest BCUT2D eigenvalue weighted by molar-refractivity contribution is 7.99. The van der Waals surface area contributed by atoms with Gasteiger partial charge >= 0.3 is 0 Å². The Morgan fingerprint density at radius 1 is 1.36 bits per heavy atom. The molecule has 22 heavy (non-hydrogen) atoms. The summed E-state index contributed by atoms with van der Waals surface area (Å²) in [5.74, 6) is 3.31. The van der Waals surface area contributed by atoms with Gasteiger partial charge in [-0.3, -0.25) is 0 Å². The van der Waals surface area contributed by atoms with E-state index in [4.69, 9.17) is 12.2 Å². The molecule has 0 saturated carbocycles. The van der Waals surface area contributed by atoms with Crippen molar-refractivity contribution < 1.29 is 5.11 Å².